The molecule has 0 aliphatic carbocycles. The van der Waals surface area contributed by atoms with Gasteiger partial charge in [0.2, 0.25) is 6.23 Å². The summed E-state index contributed by atoms with van der Waals surface area (Å²) in [5, 5.41) is 6.91. The molecule has 146 valence electrons. The van der Waals surface area contributed by atoms with E-state index in [0.717, 1.165) is 44.8 Å². The van der Waals surface area contributed by atoms with Crippen molar-refractivity contribution in [2.45, 2.75) is 18.7 Å². The average molecular weight is 453 g/mol. The van der Waals surface area contributed by atoms with Gasteiger partial charge in [0.15, 0.2) is 0 Å². The third-order valence-corrected chi connectivity index (χ3v) is 5.82. The van der Waals surface area contributed by atoms with Crippen LogP contribution in [0.2, 0.25) is 0 Å². The SMILES string of the molecule is COc1ccc(C2=NN3[C@H](C2)c2cc(Br)ccc2O[C@@H]3c2ccc(F)cc2)cc1. The van der Waals surface area contributed by atoms with E-state index in [1.54, 1.807) is 19.2 Å². The highest BCUT2D eigenvalue weighted by molar-refractivity contribution is 9.10. The van der Waals surface area contributed by atoms with Crippen molar-refractivity contribution in [2.24, 2.45) is 5.10 Å². The van der Waals surface area contributed by atoms with E-state index in [1.807, 2.05) is 41.4 Å². The lowest BCUT2D eigenvalue weighted by molar-refractivity contribution is -0.0191. The van der Waals surface area contributed by atoms with Crippen molar-refractivity contribution in [3.05, 3.63) is 93.7 Å². The molecule has 0 spiro atoms. The van der Waals surface area contributed by atoms with E-state index < -0.39 is 6.23 Å². The van der Waals surface area contributed by atoms with Gasteiger partial charge < -0.3 is 9.47 Å². The number of benzene rings is 3. The number of ether oxygens (including phenoxy) is 2. The van der Waals surface area contributed by atoms with E-state index in [1.165, 1.54) is 12.1 Å². The van der Waals surface area contributed by atoms with Crippen molar-refractivity contribution in [1.82, 2.24) is 5.01 Å². The van der Waals surface area contributed by atoms with Gasteiger partial charge in [-0.05, 0) is 60.2 Å². The molecule has 29 heavy (non-hydrogen) atoms. The Kier molecular flexibility index (Phi) is 4.51. The second-order valence-electron chi connectivity index (χ2n) is 7.08. The van der Waals surface area contributed by atoms with Gasteiger partial charge in [-0.3, -0.25) is 0 Å². The van der Waals surface area contributed by atoms with Crippen molar-refractivity contribution in [2.75, 3.05) is 7.11 Å². The normalized spacial score (nSPS) is 19.8. The lowest BCUT2D eigenvalue weighted by Gasteiger charge is -2.38. The van der Waals surface area contributed by atoms with Crippen molar-refractivity contribution in [1.29, 1.82) is 0 Å². The standard InChI is InChI=1S/C23H18BrFN2O2/c1-28-18-9-4-14(5-10-18)20-13-21-19-12-16(24)6-11-22(19)29-23(27(21)26-20)15-2-7-17(25)8-3-15/h2-12,21,23H,13H2,1H3/t21-,23-/m1/s1. The van der Waals surface area contributed by atoms with Gasteiger partial charge in [0.1, 0.15) is 17.3 Å². The molecular weight excluding hydrogens is 435 g/mol. The molecule has 0 unspecified atom stereocenters. The molecule has 2 aliphatic rings. The van der Waals surface area contributed by atoms with Crippen LogP contribution in [0.5, 0.6) is 11.5 Å². The molecule has 0 radical (unpaired) electrons. The Morgan fingerprint density at radius 2 is 1.83 bits per heavy atom. The largest absolute Gasteiger partial charge is 0.497 e. The van der Waals surface area contributed by atoms with Gasteiger partial charge >= 0.3 is 0 Å². The zero-order valence-electron chi connectivity index (χ0n) is 15.7. The van der Waals surface area contributed by atoms with Gasteiger partial charge in [0.05, 0.1) is 18.9 Å². The predicted molar refractivity (Wildman–Crippen MR) is 113 cm³/mol. The molecule has 2 heterocycles. The fraction of sp³-hybridized carbons (Fsp3) is 0.174. The first-order valence-corrected chi connectivity index (χ1v) is 10.1. The summed E-state index contributed by atoms with van der Waals surface area (Å²) in [6.45, 7) is 0. The number of hydrazone groups is 1. The second-order valence-corrected chi connectivity index (χ2v) is 7.99. The molecule has 0 saturated carbocycles. The maximum Gasteiger partial charge on any atom is 0.213 e. The van der Waals surface area contributed by atoms with Crippen LogP contribution in [0.1, 0.15) is 35.4 Å². The molecular formula is C23H18BrFN2O2. The van der Waals surface area contributed by atoms with Crippen molar-refractivity contribution in [3.8, 4) is 11.5 Å². The molecule has 0 aromatic heterocycles. The molecule has 0 amide bonds. The van der Waals surface area contributed by atoms with E-state index in [4.69, 9.17) is 14.6 Å². The van der Waals surface area contributed by atoms with Crippen LogP contribution in [-0.4, -0.2) is 17.8 Å². The zero-order chi connectivity index (χ0) is 20.0. The molecule has 6 heteroatoms. The lowest BCUT2D eigenvalue weighted by Crippen LogP contribution is -2.33. The van der Waals surface area contributed by atoms with Crippen LogP contribution >= 0.6 is 15.9 Å². The Balaban J connectivity index is 1.57. The van der Waals surface area contributed by atoms with Crippen molar-refractivity contribution in [3.63, 3.8) is 0 Å². The smallest absolute Gasteiger partial charge is 0.213 e. The van der Waals surface area contributed by atoms with Crippen LogP contribution < -0.4 is 9.47 Å². The summed E-state index contributed by atoms with van der Waals surface area (Å²) in [6.07, 6.45) is 0.349. The summed E-state index contributed by atoms with van der Waals surface area (Å²) in [4.78, 5) is 0. The van der Waals surface area contributed by atoms with Crippen molar-refractivity contribution >= 4 is 21.6 Å². The number of methoxy groups -OCH3 is 1. The first-order valence-electron chi connectivity index (χ1n) is 9.34. The van der Waals surface area contributed by atoms with Crippen molar-refractivity contribution < 1.29 is 13.9 Å². The Morgan fingerprint density at radius 3 is 2.55 bits per heavy atom. The summed E-state index contributed by atoms with van der Waals surface area (Å²) in [5.74, 6) is 1.37. The molecule has 3 aromatic rings. The first kappa shape index (κ1) is 18.2. The van der Waals surface area contributed by atoms with E-state index in [2.05, 4.69) is 22.0 Å². The monoisotopic (exact) mass is 452 g/mol. The third kappa shape index (κ3) is 3.27. The van der Waals surface area contributed by atoms with Crippen LogP contribution in [-0.2, 0) is 0 Å². The number of hydrogen-bond donors (Lipinski definition) is 0. The minimum atomic E-state index is -0.412. The topological polar surface area (TPSA) is 34.1 Å². The fourth-order valence-corrected chi connectivity index (χ4v) is 4.24. The molecule has 2 aliphatic heterocycles. The van der Waals surface area contributed by atoms with Crippen LogP contribution in [0.15, 0.2) is 76.3 Å². The van der Waals surface area contributed by atoms with Crippen LogP contribution in [0, 0.1) is 5.82 Å². The van der Waals surface area contributed by atoms with Crippen LogP contribution in [0.3, 0.4) is 0 Å². The number of halogens is 2. The Labute approximate surface area is 176 Å². The van der Waals surface area contributed by atoms with Gasteiger partial charge in [0, 0.05) is 22.0 Å². The van der Waals surface area contributed by atoms with Crippen LogP contribution in [0.4, 0.5) is 4.39 Å². The average Bonchev–Trinajstić information content (AvgIpc) is 3.20. The third-order valence-electron chi connectivity index (χ3n) is 5.33. The minimum Gasteiger partial charge on any atom is -0.497 e. The number of fused-ring (bicyclic) bond motifs is 3. The number of hydrogen-bond acceptors (Lipinski definition) is 4. The minimum absolute atomic E-state index is 0.0448. The predicted octanol–water partition coefficient (Wildman–Crippen LogP) is 5.84. The Morgan fingerprint density at radius 1 is 1.07 bits per heavy atom. The fourth-order valence-electron chi connectivity index (χ4n) is 3.86. The highest BCUT2D eigenvalue weighted by Crippen LogP contribution is 2.48. The highest BCUT2D eigenvalue weighted by atomic mass is 79.9. The molecule has 0 saturated heterocycles. The van der Waals surface area contributed by atoms with E-state index in [-0.39, 0.29) is 11.9 Å². The number of rotatable bonds is 3. The molecule has 3 aromatic carbocycles. The molecule has 0 fully saturated rings. The highest BCUT2D eigenvalue weighted by Gasteiger charge is 2.41. The van der Waals surface area contributed by atoms with Gasteiger partial charge in [-0.25, -0.2) is 9.40 Å². The Bertz CT molecular complexity index is 1080. The van der Waals surface area contributed by atoms with Gasteiger partial charge in [0.25, 0.3) is 0 Å². The van der Waals surface area contributed by atoms with Gasteiger partial charge in [-0.2, -0.15) is 5.10 Å². The zero-order valence-corrected chi connectivity index (χ0v) is 17.3. The molecule has 0 N–H and O–H groups in total. The molecule has 5 rings (SSSR count). The maximum atomic E-state index is 13.5. The lowest BCUT2D eigenvalue weighted by atomic mass is 9.96. The second kappa shape index (κ2) is 7.19. The first-order chi connectivity index (χ1) is 14.1. The van der Waals surface area contributed by atoms with E-state index in [9.17, 15) is 4.39 Å². The van der Waals surface area contributed by atoms with Gasteiger partial charge in [-0.1, -0.05) is 28.1 Å². The molecule has 2 atom stereocenters. The molecule has 0 bridgehead atoms. The van der Waals surface area contributed by atoms with Crippen LogP contribution in [0.25, 0.3) is 0 Å². The number of nitrogens with zero attached hydrogens (tertiary/aromatic N) is 2. The molecule has 4 nitrogen and oxygen atoms in total. The summed E-state index contributed by atoms with van der Waals surface area (Å²) < 4.78 is 26.0. The summed E-state index contributed by atoms with van der Waals surface area (Å²) in [7, 11) is 1.65. The summed E-state index contributed by atoms with van der Waals surface area (Å²) >= 11 is 3.56. The van der Waals surface area contributed by atoms with E-state index >= 15 is 0 Å². The summed E-state index contributed by atoms with van der Waals surface area (Å²) in [6, 6.07) is 20.4. The maximum absolute atomic E-state index is 13.5. The van der Waals surface area contributed by atoms with Gasteiger partial charge in [-0.15, -0.1) is 0 Å². The summed E-state index contributed by atoms with van der Waals surface area (Å²) in [5.41, 5.74) is 3.99. The Hall–Kier alpha value is -2.86. The van der Waals surface area contributed by atoms with E-state index in [0.29, 0.717) is 0 Å². The quantitative estimate of drug-likeness (QED) is 0.500.